The molecule has 3 aromatic rings. The monoisotopic (exact) mass is 206 g/mol. The van der Waals surface area contributed by atoms with E-state index in [1.54, 1.807) is 0 Å². The number of nitrogens with two attached hydrogens (primary N) is 4. The highest BCUT2D eigenvalue weighted by Crippen LogP contribution is 2.38. The lowest BCUT2D eigenvalue weighted by Gasteiger charge is -1.89. The van der Waals surface area contributed by atoms with Crippen LogP contribution >= 0.6 is 0 Å². The normalized spacial score (nSPS) is 11.7. The second kappa shape index (κ2) is 2.14. The van der Waals surface area contributed by atoms with Gasteiger partial charge in [0.2, 0.25) is 0 Å². The minimum absolute atomic E-state index is 0.373. The van der Waals surface area contributed by atoms with E-state index in [-0.39, 0.29) is 0 Å². The maximum absolute atomic E-state index is 5.71. The van der Waals surface area contributed by atoms with E-state index in [0.717, 1.165) is 0 Å². The third kappa shape index (κ3) is 0.749. The van der Waals surface area contributed by atoms with E-state index >= 15 is 0 Å². The number of nitrogens with one attached hydrogen (secondary N) is 2. The zero-order valence-corrected chi connectivity index (χ0v) is 7.72. The van der Waals surface area contributed by atoms with Crippen molar-refractivity contribution in [1.82, 2.24) is 9.97 Å². The molecular formula is C8H10N6O. The first-order chi connectivity index (χ1) is 7.09. The molecule has 3 aromatic heterocycles. The summed E-state index contributed by atoms with van der Waals surface area (Å²) in [5, 5.41) is 0. The second-order valence-corrected chi connectivity index (χ2v) is 3.42. The standard InChI is InChI=1S/C8H10N6O/c9-1-5-3(13-7(1)11)4-6(15-5)2(10)8(12)14-4/h13-14H,9-12H2. The predicted molar refractivity (Wildman–Crippen MR) is 60.1 cm³/mol. The second-order valence-electron chi connectivity index (χ2n) is 3.42. The Bertz CT molecular complexity index is 615. The van der Waals surface area contributed by atoms with Gasteiger partial charge in [-0.3, -0.25) is 0 Å². The molecular weight excluding hydrogens is 196 g/mol. The van der Waals surface area contributed by atoms with E-state index in [9.17, 15) is 0 Å². The van der Waals surface area contributed by atoms with Crippen LogP contribution in [-0.4, -0.2) is 9.97 Å². The van der Waals surface area contributed by atoms with Crippen LogP contribution in [0.2, 0.25) is 0 Å². The van der Waals surface area contributed by atoms with Gasteiger partial charge in [-0.05, 0) is 0 Å². The van der Waals surface area contributed by atoms with Crippen molar-refractivity contribution in [3.63, 3.8) is 0 Å². The van der Waals surface area contributed by atoms with Gasteiger partial charge in [-0.25, -0.2) is 0 Å². The zero-order valence-electron chi connectivity index (χ0n) is 7.72. The number of fused-ring (bicyclic) bond motifs is 3. The lowest BCUT2D eigenvalue weighted by molar-refractivity contribution is 0.673. The van der Waals surface area contributed by atoms with Gasteiger partial charge >= 0.3 is 0 Å². The molecule has 10 N–H and O–H groups in total. The van der Waals surface area contributed by atoms with E-state index in [2.05, 4.69) is 9.97 Å². The van der Waals surface area contributed by atoms with Crippen LogP contribution in [0.5, 0.6) is 0 Å². The highest BCUT2D eigenvalue weighted by molar-refractivity contribution is 6.12. The summed E-state index contributed by atoms with van der Waals surface area (Å²) >= 11 is 0. The van der Waals surface area contributed by atoms with Crippen molar-refractivity contribution in [2.75, 3.05) is 22.9 Å². The number of nitrogen functional groups attached to an aromatic ring is 4. The van der Waals surface area contributed by atoms with Crippen LogP contribution in [0.25, 0.3) is 22.2 Å². The SMILES string of the molecule is Nc1[nH]c2c(oc3c(N)c(N)[nH]c32)c1N. The number of hydrogen-bond donors (Lipinski definition) is 6. The molecule has 7 heteroatoms. The van der Waals surface area contributed by atoms with Gasteiger partial charge < -0.3 is 37.3 Å². The van der Waals surface area contributed by atoms with Gasteiger partial charge in [0.05, 0.1) is 0 Å². The van der Waals surface area contributed by atoms with Crippen molar-refractivity contribution in [2.24, 2.45) is 0 Å². The third-order valence-corrected chi connectivity index (χ3v) is 2.50. The summed E-state index contributed by atoms with van der Waals surface area (Å²) < 4.78 is 5.48. The average molecular weight is 206 g/mol. The molecule has 0 aliphatic rings. The number of aromatic amines is 2. The summed E-state index contributed by atoms with van der Waals surface area (Å²) in [6, 6.07) is 0. The maximum atomic E-state index is 5.71. The van der Waals surface area contributed by atoms with Gasteiger partial charge in [0.25, 0.3) is 0 Å². The highest BCUT2D eigenvalue weighted by atomic mass is 16.3. The van der Waals surface area contributed by atoms with Gasteiger partial charge in [-0.15, -0.1) is 0 Å². The summed E-state index contributed by atoms with van der Waals surface area (Å²) in [7, 11) is 0. The van der Waals surface area contributed by atoms with Crippen molar-refractivity contribution in [3.8, 4) is 0 Å². The minimum Gasteiger partial charge on any atom is -0.448 e. The number of hydrogen-bond acceptors (Lipinski definition) is 5. The molecule has 3 rings (SSSR count). The maximum Gasteiger partial charge on any atom is 0.180 e. The molecule has 0 fully saturated rings. The third-order valence-electron chi connectivity index (χ3n) is 2.50. The summed E-state index contributed by atoms with van der Waals surface area (Å²) in [5.41, 5.74) is 25.8. The Morgan fingerprint density at radius 1 is 0.733 bits per heavy atom. The van der Waals surface area contributed by atoms with Gasteiger partial charge in [0.15, 0.2) is 11.2 Å². The first kappa shape index (κ1) is 7.92. The first-order valence-corrected chi connectivity index (χ1v) is 4.31. The Labute approximate surface area is 83.4 Å². The summed E-state index contributed by atoms with van der Waals surface area (Å²) in [6.45, 7) is 0. The molecule has 0 atom stereocenters. The van der Waals surface area contributed by atoms with Gasteiger partial charge in [-0.1, -0.05) is 0 Å². The van der Waals surface area contributed by atoms with Crippen LogP contribution in [-0.2, 0) is 0 Å². The quantitative estimate of drug-likeness (QED) is 0.318. The van der Waals surface area contributed by atoms with E-state index in [1.807, 2.05) is 0 Å². The smallest absolute Gasteiger partial charge is 0.180 e. The van der Waals surface area contributed by atoms with Crippen molar-refractivity contribution in [3.05, 3.63) is 0 Å². The fourth-order valence-corrected chi connectivity index (χ4v) is 1.70. The Kier molecular flexibility index (Phi) is 1.13. The molecule has 3 heterocycles. The lowest BCUT2D eigenvalue weighted by Crippen LogP contribution is -1.91. The van der Waals surface area contributed by atoms with E-state index < -0.39 is 0 Å². The summed E-state index contributed by atoms with van der Waals surface area (Å²) in [6.07, 6.45) is 0. The fraction of sp³-hybridized carbons (Fsp3) is 0. The number of aromatic nitrogens is 2. The Morgan fingerprint density at radius 2 is 1.13 bits per heavy atom. The van der Waals surface area contributed by atoms with Crippen molar-refractivity contribution in [1.29, 1.82) is 0 Å². The van der Waals surface area contributed by atoms with Crippen LogP contribution in [0.1, 0.15) is 0 Å². The Hall–Kier alpha value is -2.44. The molecule has 0 aliphatic carbocycles. The van der Waals surface area contributed by atoms with E-state index in [0.29, 0.717) is 45.2 Å². The zero-order chi connectivity index (χ0) is 10.7. The largest absolute Gasteiger partial charge is 0.448 e. The molecule has 0 aromatic carbocycles. The van der Waals surface area contributed by atoms with Gasteiger partial charge in [0, 0.05) is 0 Å². The Morgan fingerprint density at radius 3 is 1.53 bits per heavy atom. The van der Waals surface area contributed by atoms with Crippen LogP contribution in [0.15, 0.2) is 4.42 Å². The molecule has 0 amide bonds. The topological polar surface area (TPSA) is 149 Å². The average Bonchev–Trinajstić information content (AvgIpc) is 2.75. The molecule has 15 heavy (non-hydrogen) atoms. The van der Waals surface area contributed by atoms with Gasteiger partial charge in [0.1, 0.15) is 34.0 Å². The Balaban J connectivity index is 2.57. The van der Waals surface area contributed by atoms with Crippen LogP contribution < -0.4 is 22.9 Å². The van der Waals surface area contributed by atoms with E-state index in [4.69, 9.17) is 27.4 Å². The van der Waals surface area contributed by atoms with Crippen LogP contribution in [0.4, 0.5) is 23.0 Å². The predicted octanol–water partition coefficient (Wildman–Crippen LogP) is 0.571. The van der Waals surface area contributed by atoms with Crippen LogP contribution in [0.3, 0.4) is 0 Å². The molecule has 0 spiro atoms. The van der Waals surface area contributed by atoms with Crippen LogP contribution in [0, 0.1) is 0 Å². The molecule has 0 saturated heterocycles. The summed E-state index contributed by atoms with van der Waals surface area (Å²) in [5.74, 6) is 0.745. The summed E-state index contributed by atoms with van der Waals surface area (Å²) in [4.78, 5) is 5.81. The number of furan rings is 1. The van der Waals surface area contributed by atoms with Crippen molar-refractivity contribution < 1.29 is 4.42 Å². The molecule has 0 unspecified atom stereocenters. The highest BCUT2D eigenvalue weighted by Gasteiger charge is 2.19. The number of rotatable bonds is 0. The fourth-order valence-electron chi connectivity index (χ4n) is 1.70. The number of anilines is 4. The minimum atomic E-state index is 0.373. The first-order valence-electron chi connectivity index (χ1n) is 4.31. The molecule has 78 valence electrons. The molecule has 0 aliphatic heterocycles. The van der Waals surface area contributed by atoms with Crippen molar-refractivity contribution in [2.45, 2.75) is 0 Å². The van der Waals surface area contributed by atoms with Gasteiger partial charge in [-0.2, -0.15) is 0 Å². The molecule has 0 bridgehead atoms. The molecule has 0 radical (unpaired) electrons. The molecule has 0 saturated carbocycles. The molecule has 7 nitrogen and oxygen atoms in total. The lowest BCUT2D eigenvalue weighted by atomic mass is 10.4. The number of H-pyrrole nitrogens is 2. The van der Waals surface area contributed by atoms with Crippen molar-refractivity contribution >= 4 is 45.2 Å². The van der Waals surface area contributed by atoms with E-state index in [1.165, 1.54) is 0 Å².